The summed E-state index contributed by atoms with van der Waals surface area (Å²) in [4.78, 5) is 12.2. The molecule has 1 aromatic rings. The van der Waals surface area contributed by atoms with Crippen molar-refractivity contribution in [2.75, 3.05) is 0 Å². The van der Waals surface area contributed by atoms with E-state index in [0.717, 1.165) is 12.8 Å². The van der Waals surface area contributed by atoms with Crippen LogP contribution in [0.5, 0.6) is 0 Å². The standard InChI is InChI=1S/C22H38O2S.Ca.2H/c1-2-3-4-5-6-7-8-9-10-11-12-13-15-20(17-18-22(23)24)21-16-14-19-25-21;;;/h14,16,19-20H,2-13,15,17-18H2,1H3,(H,23,24);;;. The predicted octanol–water partition coefficient (Wildman–Crippen LogP) is 6.87. The molecule has 2 nitrogen and oxygen atoms in total. The Morgan fingerprint density at radius 2 is 1.46 bits per heavy atom. The molecule has 148 valence electrons. The number of unbranched alkanes of at least 4 members (excludes halogenated alkanes) is 11. The quantitative estimate of drug-likeness (QED) is 0.225. The molecule has 0 aliphatic heterocycles. The molecule has 0 saturated carbocycles. The number of rotatable bonds is 17. The molecule has 0 bridgehead atoms. The Morgan fingerprint density at radius 1 is 0.923 bits per heavy atom. The molecule has 0 radical (unpaired) electrons. The van der Waals surface area contributed by atoms with E-state index in [1.165, 1.54) is 81.9 Å². The molecule has 0 aliphatic rings. The zero-order valence-corrected chi connectivity index (χ0v) is 17.0. The van der Waals surface area contributed by atoms with Crippen LogP contribution < -0.4 is 0 Å². The maximum atomic E-state index is 10.9. The number of hydrogen-bond donors (Lipinski definition) is 1. The zero-order chi connectivity index (χ0) is 18.2. The van der Waals surface area contributed by atoms with E-state index >= 15 is 0 Å². The van der Waals surface area contributed by atoms with Crippen LogP contribution in [0, 0.1) is 0 Å². The van der Waals surface area contributed by atoms with Gasteiger partial charge in [0.15, 0.2) is 0 Å². The number of hydrogen-bond acceptors (Lipinski definition) is 2. The molecule has 1 atom stereocenters. The van der Waals surface area contributed by atoms with Gasteiger partial charge in [0.05, 0.1) is 0 Å². The van der Waals surface area contributed by atoms with E-state index in [2.05, 4.69) is 24.4 Å². The minimum absolute atomic E-state index is 0. The fourth-order valence-corrected chi connectivity index (χ4v) is 4.38. The van der Waals surface area contributed by atoms with E-state index in [9.17, 15) is 4.79 Å². The Bertz CT molecular complexity index is 420. The van der Waals surface area contributed by atoms with Crippen LogP contribution in [-0.4, -0.2) is 48.8 Å². The number of thiophene rings is 1. The number of carboxylic acids is 1. The molecule has 0 saturated heterocycles. The molecule has 1 N–H and O–H groups in total. The van der Waals surface area contributed by atoms with Gasteiger partial charge in [0.25, 0.3) is 0 Å². The molecule has 4 heteroatoms. The van der Waals surface area contributed by atoms with E-state index in [-0.39, 0.29) is 37.7 Å². The van der Waals surface area contributed by atoms with E-state index in [1.807, 2.05) is 0 Å². The van der Waals surface area contributed by atoms with Gasteiger partial charge < -0.3 is 5.11 Å². The van der Waals surface area contributed by atoms with Crippen molar-refractivity contribution in [3.8, 4) is 0 Å². The van der Waals surface area contributed by atoms with Crippen molar-refractivity contribution < 1.29 is 9.90 Å². The molecule has 0 amide bonds. The first-order valence-electron chi connectivity index (χ1n) is 10.5. The van der Waals surface area contributed by atoms with E-state index in [1.54, 1.807) is 11.3 Å². The van der Waals surface area contributed by atoms with Crippen molar-refractivity contribution in [2.45, 2.75) is 109 Å². The summed E-state index contributed by atoms with van der Waals surface area (Å²) in [5.74, 6) is -0.226. The predicted molar refractivity (Wildman–Crippen MR) is 118 cm³/mol. The van der Waals surface area contributed by atoms with Crippen molar-refractivity contribution in [3.05, 3.63) is 22.4 Å². The van der Waals surface area contributed by atoms with Crippen LogP contribution in [0.3, 0.4) is 0 Å². The molecular weight excluding hydrogens is 368 g/mol. The van der Waals surface area contributed by atoms with E-state index < -0.39 is 5.97 Å². The third kappa shape index (κ3) is 14.5. The summed E-state index contributed by atoms with van der Waals surface area (Å²) in [7, 11) is 0. The Balaban J connectivity index is 0.00000625. The fourth-order valence-electron chi connectivity index (χ4n) is 3.48. The molecule has 0 aromatic carbocycles. The van der Waals surface area contributed by atoms with Crippen LogP contribution in [0.2, 0.25) is 0 Å². The Labute approximate surface area is 195 Å². The van der Waals surface area contributed by atoms with E-state index in [4.69, 9.17) is 5.11 Å². The van der Waals surface area contributed by atoms with Gasteiger partial charge in [-0.2, -0.15) is 0 Å². The van der Waals surface area contributed by atoms with Crippen LogP contribution >= 0.6 is 11.3 Å². The first kappa shape index (κ1) is 26.4. The third-order valence-corrected chi connectivity index (χ3v) is 6.09. The van der Waals surface area contributed by atoms with Crippen LogP contribution in [0.1, 0.15) is 114 Å². The number of carbonyl (C=O) groups is 1. The van der Waals surface area contributed by atoms with Crippen LogP contribution in [-0.2, 0) is 4.79 Å². The minimum atomic E-state index is -0.670. The molecule has 1 heterocycles. The fraction of sp³-hybridized carbons (Fsp3) is 0.773. The Kier molecular flexibility index (Phi) is 19.1. The second kappa shape index (κ2) is 18.8. The van der Waals surface area contributed by atoms with Gasteiger partial charge in [-0.1, -0.05) is 90.0 Å². The zero-order valence-electron chi connectivity index (χ0n) is 16.2. The first-order chi connectivity index (χ1) is 12.2. The summed E-state index contributed by atoms with van der Waals surface area (Å²) in [6, 6.07) is 4.24. The first-order valence-corrected chi connectivity index (χ1v) is 11.4. The van der Waals surface area contributed by atoms with Crippen molar-refractivity contribution in [2.24, 2.45) is 0 Å². The molecule has 1 unspecified atom stereocenters. The van der Waals surface area contributed by atoms with Gasteiger partial charge in [0, 0.05) is 11.3 Å². The average molecular weight is 409 g/mol. The van der Waals surface area contributed by atoms with Crippen molar-refractivity contribution in [1.82, 2.24) is 0 Å². The van der Waals surface area contributed by atoms with E-state index in [0.29, 0.717) is 12.3 Å². The van der Waals surface area contributed by atoms with Gasteiger partial charge in [-0.3, -0.25) is 4.79 Å². The van der Waals surface area contributed by atoms with Crippen molar-refractivity contribution in [3.63, 3.8) is 0 Å². The van der Waals surface area contributed by atoms with Crippen LogP contribution in [0.4, 0.5) is 0 Å². The summed E-state index contributed by atoms with van der Waals surface area (Å²) in [5.41, 5.74) is 0. The molecule has 26 heavy (non-hydrogen) atoms. The Hall–Kier alpha value is 0.430. The number of carboxylic acid groups (broad SMARTS) is 1. The molecule has 0 aliphatic carbocycles. The summed E-state index contributed by atoms with van der Waals surface area (Å²) < 4.78 is 0. The van der Waals surface area contributed by atoms with Gasteiger partial charge >= 0.3 is 43.7 Å². The maximum absolute atomic E-state index is 10.9. The van der Waals surface area contributed by atoms with Gasteiger partial charge in [-0.05, 0) is 30.2 Å². The molecule has 1 aromatic heterocycles. The van der Waals surface area contributed by atoms with Crippen LogP contribution in [0.25, 0.3) is 0 Å². The normalized spacial score (nSPS) is 11.9. The van der Waals surface area contributed by atoms with Crippen molar-refractivity contribution in [1.29, 1.82) is 0 Å². The third-order valence-electron chi connectivity index (χ3n) is 5.06. The second-order valence-electron chi connectivity index (χ2n) is 7.32. The topological polar surface area (TPSA) is 37.3 Å². The Morgan fingerprint density at radius 3 is 1.92 bits per heavy atom. The second-order valence-corrected chi connectivity index (χ2v) is 8.30. The average Bonchev–Trinajstić information content (AvgIpc) is 3.12. The summed E-state index contributed by atoms with van der Waals surface area (Å²) in [6.45, 7) is 2.27. The van der Waals surface area contributed by atoms with Crippen molar-refractivity contribution >= 4 is 55.0 Å². The van der Waals surface area contributed by atoms with Gasteiger partial charge in [-0.15, -0.1) is 11.3 Å². The van der Waals surface area contributed by atoms with Gasteiger partial charge in [0.1, 0.15) is 0 Å². The number of aliphatic carboxylic acids is 1. The summed E-state index contributed by atoms with van der Waals surface area (Å²) in [5, 5.41) is 11.0. The van der Waals surface area contributed by atoms with Gasteiger partial charge in [0.2, 0.25) is 0 Å². The SMILES string of the molecule is CCCCCCCCCCCCCCC(CCC(=O)O)c1cccs1.[CaH2]. The monoisotopic (exact) mass is 408 g/mol. The molecule has 1 rings (SSSR count). The summed E-state index contributed by atoms with van der Waals surface area (Å²) >= 11 is 1.77. The molecular formula is C22H40CaO2S. The molecule has 0 spiro atoms. The van der Waals surface area contributed by atoms with Gasteiger partial charge in [-0.25, -0.2) is 0 Å². The molecule has 0 fully saturated rings. The van der Waals surface area contributed by atoms with Crippen LogP contribution in [0.15, 0.2) is 17.5 Å². The summed E-state index contributed by atoms with van der Waals surface area (Å²) in [6.07, 6.45) is 18.7.